The van der Waals surface area contributed by atoms with E-state index in [2.05, 4.69) is 9.97 Å². The number of carbonyl (C=O) groups is 1. The van der Waals surface area contributed by atoms with E-state index in [1.807, 2.05) is 4.90 Å². The molecule has 0 atom stereocenters. The highest BCUT2D eigenvalue weighted by Crippen LogP contribution is 2.16. The summed E-state index contributed by atoms with van der Waals surface area (Å²) in [6, 6.07) is 8.17. The molecule has 0 radical (unpaired) electrons. The van der Waals surface area contributed by atoms with Gasteiger partial charge in [-0.15, -0.1) is 0 Å². The van der Waals surface area contributed by atoms with Crippen molar-refractivity contribution in [3.8, 4) is 6.01 Å². The second kappa shape index (κ2) is 7.17. The van der Waals surface area contributed by atoms with E-state index < -0.39 is 0 Å². The summed E-state index contributed by atoms with van der Waals surface area (Å²) in [6.45, 7) is 1.30. The number of rotatable bonds is 4. The molecule has 0 bridgehead atoms. The van der Waals surface area contributed by atoms with Crippen LogP contribution in [0.1, 0.15) is 18.4 Å². The molecule has 1 aromatic heterocycles. The highest BCUT2D eigenvalue weighted by molar-refractivity contribution is 5.78. The van der Waals surface area contributed by atoms with E-state index in [0.717, 1.165) is 18.4 Å². The number of halogens is 1. The third kappa shape index (κ3) is 4.25. The smallest absolute Gasteiger partial charge is 0.316 e. The molecule has 2 aromatic rings. The monoisotopic (exact) mass is 315 g/mol. The van der Waals surface area contributed by atoms with E-state index >= 15 is 0 Å². The fraction of sp³-hybridized carbons (Fsp3) is 0.353. The number of hydrogen-bond acceptors (Lipinski definition) is 4. The van der Waals surface area contributed by atoms with Crippen LogP contribution >= 0.6 is 0 Å². The molecule has 1 fully saturated rings. The lowest BCUT2D eigenvalue weighted by atomic mass is 10.1. The zero-order valence-corrected chi connectivity index (χ0v) is 12.7. The van der Waals surface area contributed by atoms with Gasteiger partial charge in [0.25, 0.3) is 0 Å². The Balaban J connectivity index is 1.48. The maximum absolute atomic E-state index is 12.9. The average molecular weight is 315 g/mol. The van der Waals surface area contributed by atoms with Crippen molar-refractivity contribution in [2.24, 2.45) is 0 Å². The lowest BCUT2D eigenvalue weighted by Gasteiger charge is -2.31. The van der Waals surface area contributed by atoms with Crippen molar-refractivity contribution < 1.29 is 13.9 Å². The van der Waals surface area contributed by atoms with Gasteiger partial charge in [-0.25, -0.2) is 14.4 Å². The summed E-state index contributed by atoms with van der Waals surface area (Å²) in [5.41, 5.74) is 0.826. The van der Waals surface area contributed by atoms with Crippen LogP contribution in [-0.4, -0.2) is 40.0 Å². The Morgan fingerprint density at radius 1 is 1.17 bits per heavy atom. The van der Waals surface area contributed by atoms with E-state index in [1.54, 1.807) is 30.6 Å². The molecular weight excluding hydrogens is 297 g/mol. The van der Waals surface area contributed by atoms with Gasteiger partial charge in [0.15, 0.2) is 0 Å². The van der Waals surface area contributed by atoms with Crippen molar-refractivity contribution in [3.63, 3.8) is 0 Å². The van der Waals surface area contributed by atoms with E-state index in [9.17, 15) is 9.18 Å². The number of amides is 1. The number of hydrogen-bond donors (Lipinski definition) is 0. The Bertz CT molecular complexity index is 641. The maximum Gasteiger partial charge on any atom is 0.316 e. The molecule has 23 heavy (non-hydrogen) atoms. The first-order chi connectivity index (χ1) is 11.2. The lowest BCUT2D eigenvalue weighted by Crippen LogP contribution is -2.42. The molecule has 0 aliphatic carbocycles. The van der Waals surface area contributed by atoms with Crippen molar-refractivity contribution in [1.29, 1.82) is 0 Å². The van der Waals surface area contributed by atoms with Crippen LogP contribution in [0.5, 0.6) is 6.01 Å². The van der Waals surface area contributed by atoms with Gasteiger partial charge in [0.05, 0.1) is 6.42 Å². The fourth-order valence-corrected chi connectivity index (χ4v) is 2.61. The van der Waals surface area contributed by atoms with Crippen molar-refractivity contribution in [2.45, 2.75) is 25.4 Å². The number of ether oxygens (including phenoxy) is 1. The molecule has 0 unspecified atom stereocenters. The van der Waals surface area contributed by atoms with Gasteiger partial charge in [-0.1, -0.05) is 12.1 Å². The first-order valence-corrected chi connectivity index (χ1v) is 7.66. The number of likely N-dealkylation sites (tertiary alicyclic amines) is 1. The SMILES string of the molecule is O=C(Cc1ccc(F)cc1)N1CCC(Oc2ncccn2)CC1. The first-order valence-electron chi connectivity index (χ1n) is 7.66. The number of piperidine rings is 1. The summed E-state index contributed by atoms with van der Waals surface area (Å²) in [6.07, 6.45) is 5.13. The van der Waals surface area contributed by atoms with Crippen LogP contribution in [0.4, 0.5) is 4.39 Å². The minimum Gasteiger partial charge on any atom is -0.460 e. The van der Waals surface area contributed by atoms with Gasteiger partial charge in [-0.2, -0.15) is 0 Å². The van der Waals surface area contributed by atoms with Gasteiger partial charge in [0, 0.05) is 38.3 Å². The third-order valence-electron chi connectivity index (χ3n) is 3.88. The molecule has 1 saturated heterocycles. The van der Waals surface area contributed by atoms with Crippen LogP contribution in [-0.2, 0) is 11.2 Å². The molecule has 1 amide bonds. The standard InChI is InChI=1S/C17H18FN3O2/c18-14-4-2-13(3-5-14)12-16(22)21-10-6-15(7-11-21)23-17-19-8-1-9-20-17/h1-5,8-9,15H,6-7,10-12H2. The molecule has 0 saturated carbocycles. The summed E-state index contributed by atoms with van der Waals surface area (Å²) < 4.78 is 18.6. The van der Waals surface area contributed by atoms with E-state index in [-0.39, 0.29) is 17.8 Å². The van der Waals surface area contributed by atoms with Crippen molar-refractivity contribution in [2.75, 3.05) is 13.1 Å². The molecule has 0 spiro atoms. The van der Waals surface area contributed by atoms with Gasteiger partial charge < -0.3 is 9.64 Å². The quantitative estimate of drug-likeness (QED) is 0.868. The predicted octanol–water partition coefficient (Wildman–Crippen LogP) is 2.23. The highest BCUT2D eigenvalue weighted by atomic mass is 19.1. The molecule has 5 nitrogen and oxygen atoms in total. The summed E-state index contributed by atoms with van der Waals surface area (Å²) in [5, 5.41) is 0. The lowest BCUT2D eigenvalue weighted by molar-refractivity contribution is -0.132. The molecule has 3 rings (SSSR count). The van der Waals surface area contributed by atoms with Crippen molar-refractivity contribution in [1.82, 2.24) is 14.9 Å². The average Bonchev–Trinajstić information content (AvgIpc) is 2.58. The minimum atomic E-state index is -0.290. The summed E-state index contributed by atoms with van der Waals surface area (Å²) in [5.74, 6) is -0.228. The van der Waals surface area contributed by atoms with Crippen molar-refractivity contribution >= 4 is 5.91 Å². The highest BCUT2D eigenvalue weighted by Gasteiger charge is 2.24. The molecule has 120 valence electrons. The molecule has 1 aliphatic rings. The van der Waals surface area contributed by atoms with Crippen LogP contribution in [0.25, 0.3) is 0 Å². The normalized spacial score (nSPS) is 15.4. The largest absolute Gasteiger partial charge is 0.460 e. The number of carbonyl (C=O) groups excluding carboxylic acids is 1. The topological polar surface area (TPSA) is 55.3 Å². The van der Waals surface area contributed by atoms with Crippen molar-refractivity contribution in [3.05, 3.63) is 54.1 Å². The summed E-state index contributed by atoms with van der Waals surface area (Å²) in [4.78, 5) is 22.2. The molecule has 2 heterocycles. The Kier molecular flexibility index (Phi) is 4.80. The van der Waals surface area contributed by atoms with Gasteiger partial charge in [0.1, 0.15) is 11.9 Å². The molecule has 0 N–H and O–H groups in total. The Morgan fingerprint density at radius 3 is 2.48 bits per heavy atom. The fourth-order valence-electron chi connectivity index (χ4n) is 2.61. The first kappa shape index (κ1) is 15.4. The number of benzene rings is 1. The minimum absolute atomic E-state index is 0.0345. The second-order valence-corrected chi connectivity index (χ2v) is 5.53. The van der Waals surface area contributed by atoms with Crippen LogP contribution in [0.3, 0.4) is 0 Å². The molecule has 6 heteroatoms. The van der Waals surface area contributed by atoms with Gasteiger partial charge >= 0.3 is 6.01 Å². The van der Waals surface area contributed by atoms with Crippen LogP contribution in [0.15, 0.2) is 42.7 Å². The third-order valence-corrected chi connectivity index (χ3v) is 3.88. The van der Waals surface area contributed by atoms with Gasteiger partial charge in [-0.05, 0) is 23.8 Å². The maximum atomic E-state index is 12.9. The molecule has 1 aromatic carbocycles. The number of nitrogens with zero attached hydrogens (tertiary/aromatic N) is 3. The molecule has 1 aliphatic heterocycles. The van der Waals surface area contributed by atoms with Crippen LogP contribution < -0.4 is 4.74 Å². The zero-order valence-electron chi connectivity index (χ0n) is 12.7. The van der Waals surface area contributed by atoms with E-state index in [0.29, 0.717) is 25.5 Å². The summed E-state index contributed by atoms with van der Waals surface area (Å²) in [7, 11) is 0. The van der Waals surface area contributed by atoms with Crippen LogP contribution in [0, 0.1) is 5.82 Å². The van der Waals surface area contributed by atoms with Gasteiger partial charge in [-0.3, -0.25) is 4.79 Å². The predicted molar refractivity (Wildman–Crippen MR) is 82.4 cm³/mol. The van der Waals surface area contributed by atoms with E-state index in [4.69, 9.17) is 4.74 Å². The van der Waals surface area contributed by atoms with Crippen LogP contribution in [0.2, 0.25) is 0 Å². The van der Waals surface area contributed by atoms with E-state index in [1.165, 1.54) is 12.1 Å². The Morgan fingerprint density at radius 2 is 1.83 bits per heavy atom. The Labute approximate surface area is 134 Å². The summed E-state index contributed by atoms with van der Waals surface area (Å²) >= 11 is 0. The Hall–Kier alpha value is -2.50. The zero-order chi connectivity index (χ0) is 16.1. The van der Waals surface area contributed by atoms with Gasteiger partial charge in [0.2, 0.25) is 5.91 Å². The molecular formula is C17H18FN3O2. The second-order valence-electron chi connectivity index (χ2n) is 5.53. The number of aromatic nitrogens is 2.